The van der Waals surface area contributed by atoms with E-state index in [1.165, 1.54) is 5.57 Å². The van der Waals surface area contributed by atoms with Gasteiger partial charge in [-0.2, -0.15) is 0 Å². The summed E-state index contributed by atoms with van der Waals surface area (Å²) in [5.41, 5.74) is 0.781. The van der Waals surface area contributed by atoms with Crippen molar-refractivity contribution in [1.29, 1.82) is 0 Å². The Balaban J connectivity index is 1.45. The summed E-state index contributed by atoms with van der Waals surface area (Å²) >= 11 is 0. The van der Waals surface area contributed by atoms with Crippen LogP contribution in [0.3, 0.4) is 0 Å². The topological polar surface area (TPSA) is 125 Å². The number of carboxylic acids is 1. The van der Waals surface area contributed by atoms with E-state index in [0.29, 0.717) is 24.2 Å². The third-order valence-corrected chi connectivity index (χ3v) is 9.53. The molecule has 8 nitrogen and oxygen atoms in total. The van der Waals surface area contributed by atoms with Gasteiger partial charge < -0.3 is 20.4 Å². The van der Waals surface area contributed by atoms with Gasteiger partial charge in [-0.3, -0.25) is 14.4 Å². The predicted octanol–water partition coefficient (Wildman–Crippen LogP) is 2.84. The second kappa shape index (κ2) is 8.53. The van der Waals surface area contributed by atoms with E-state index in [2.05, 4.69) is 30.4 Å². The molecule has 4 rings (SSSR count). The fourth-order valence-corrected chi connectivity index (χ4v) is 7.64. The molecule has 8 heteroatoms. The summed E-state index contributed by atoms with van der Waals surface area (Å²) < 4.78 is 0. The second-order valence-electron chi connectivity index (χ2n) is 10.9. The first-order valence-electron chi connectivity index (χ1n) is 12.1. The third kappa shape index (κ3) is 3.90. The first-order chi connectivity index (χ1) is 15.5. The van der Waals surface area contributed by atoms with Crippen molar-refractivity contribution in [1.82, 2.24) is 5.32 Å². The lowest BCUT2D eigenvalue weighted by molar-refractivity contribution is -0.159. The zero-order valence-corrected chi connectivity index (χ0v) is 19.9. The second-order valence-corrected chi connectivity index (χ2v) is 10.9. The van der Waals surface area contributed by atoms with Crippen LogP contribution in [0.4, 0.5) is 0 Å². The lowest BCUT2D eigenvalue weighted by atomic mass is 9.46. The number of hydrogen-bond acceptors (Lipinski definition) is 6. The number of carboxylic acid groups (broad SMARTS) is 1. The maximum absolute atomic E-state index is 12.4. The van der Waals surface area contributed by atoms with Crippen LogP contribution < -0.4 is 5.32 Å². The average molecular weight is 461 g/mol. The molecule has 33 heavy (non-hydrogen) atoms. The fraction of sp³-hybridized carbons (Fsp3) is 0.760. The number of fused-ring (bicyclic) bond motifs is 5. The Hall–Kier alpha value is -2.22. The molecule has 3 N–H and O–H groups in total. The van der Waals surface area contributed by atoms with Gasteiger partial charge in [0.15, 0.2) is 12.4 Å². The first kappa shape index (κ1) is 23.9. The number of rotatable bonds is 6. The minimum Gasteiger partial charge on any atom is -0.480 e. The van der Waals surface area contributed by atoms with E-state index >= 15 is 0 Å². The van der Waals surface area contributed by atoms with E-state index in [1.807, 2.05) is 0 Å². The van der Waals surface area contributed by atoms with Gasteiger partial charge >= 0.3 is 5.97 Å². The Morgan fingerprint density at radius 1 is 1.12 bits per heavy atom. The van der Waals surface area contributed by atoms with Crippen molar-refractivity contribution >= 4 is 23.4 Å². The van der Waals surface area contributed by atoms with Crippen molar-refractivity contribution in [2.75, 3.05) is 13.2 Å². The molecule has 0 aromatic heterocycles. The number of aliphatic hydroxyl groups is 1. The van der Waals surface area contributed by atoms with Gasteiger partial charge in [0.25, 0.3) is 5.91 Å². The van der Waals surface area contributed by atoms with Crippen LogP contribution in [0.15, 0.2) is 16.8 Å². The summed E-state index contributed by atoms with van der Waals surface area (Å²) in [6, 6.07) is 0. The number of nitrogens with one attached hydrogen (secondary N) is 1. The summed E-state index contributed by atoms with van der Waals surface area (Å²) in [4.78, 5) is 39.7. The number of ketones is 1. The highest BCUT2D eigenvalue weighted by Crippen LogP contribution is 2.67. The molecular weight excluding hydrogens is 424 g/mol. The van der Waals surface area contributed by atoms with E-state index in [-0.39, 0.29) is 23.2 Å². The molecule has 0 bridgehead atoms. The summed E-state index contributed by atoms with van der Waals surface area (Å²) in [6.45, 7) is 5.31. The number of oxime groups is 1. The lowest BCUT2D eigenvalue weighted by Gasteiger charge is -2.59. The van der Waals surface area contributed by atoms with Crippen LogP contribution in [0.1, 0.15) is 72.1 Å². The molecule has 0 aliphatic heterocycles. The maximum Gasteiger partial charge on any atom is 0.322 e. The van der Waals surface area contributed by atoms with E-state index in [9.17, 15) is 19.5 Å². The highest BCUT2D eigenvalue weighted by molar-refractivity contribution is 5.96. The van der Waals surface area contributed by atoms with Crippen molar-refractivity contribution in [3.63, 3.8) is 0 Å². The molecule has 3 fully saturated rings. The minimum atomic E-state index is -1.18. The van der Waals surface area contributed by atoms with Crippen LogP contribution in [0.5, 0.6) is 0 Å². The van der Waals surface area contributed by atoms with Crippen LogP contribution in [0.25, 0.3) is 0 Å². The molecule has 182 valence electrons. The van der Waals surface area contributed by atoms with E-state index in [1.54, 1.807) is 6.92 Å². The minimum absolute atomic E-state index is 0.0799. The maximum atomic E-state index is 12.4. The van der Waals surface area contributed by atoms with Crippen molar-refractivity contribution < 1.29 is 29.4 Å². The molecule has 3 saturated carbocycles. The molecule has 0 spiro atoms. The molecule has 1 amide bonds. The van der Waals surface area contributed by atoms with Gasteiger partial charge in [0.2, 0.25) is 0 Å². The average Bonchev–Trinajstić information content (AvgIpc) is 3.04. The zero-order valence-electron chi connectivity index (χ0n) is 19.9. The molecule has 0 aromatic rings. The summed E-state index contributed by atoms with van der Waals surface area (Å²) in [7, 11) is 0. The number of allylic oxidation sites excluding steroid dienone is 2. The van der Waals surface area contributed by atoms with Crippen LogP contribution in [-0.2, 0) is 19.2 Å². The molecule has 0 saturated heterocycles. The molecule has 6 atom stereocenters. The fourth-order valence-electron chi connectivity index (χ4n) is 7.64. The number of amides is 1. The quantitative estimate of drug-likeness (QED) is 0.524. The smallest absolute Gasteiger partial charge is 0.322 e. The number of nitrogens with zero attached hydrogens (tertiary/aromatic N) is 1. The summed E-state index contributed by atoms with van der Waals surface area (Å²) in [6.07, 6.45) is 9.30. The van der Waals surface area contributed by atoms with Crippen LogP contribution >= 0.6 is 0 Å². The van der Waals surface area contributed by atoms with E-state index < -0.39 is 24.0 Å². The van der Waals surface area contributed by atoms with Crippen molar-refractivity contribution in [2.24, 2.45) is 33.7 Å². The number of carbonyl (C=O) groups is 3. The van der Waals surface area contributed by atoms with Gasteiger partial charge in [-0.15, -0.1) is 0 Å². The molecular formula is C25H36N2O6. The molecule has 4 aliphatic rings. The zero-order chi connectivity index (χ0) is 24.0. The molecule has 0 heterocycles. The highest BCUT2D eigenvalue weighted by atomic mass is 16.6. The molecule has 3 unspecified atom stereocenters. The van der Waals surface area contributed by atoms with E-state index in [0.717, 1.165) is 50.7 Å². The Morgan fingerprint density at radius 2 is 1.85 bits per heavy atom. The SMILES string of the molecule is CC(=O)[C@@]1(O)CCC2C3CCC4=CC(=NOCC(=O)NCC(=O)O)CC[C@]4(C)C3CC[C@@]21C. The predicted molar refractivity (Wildman–Crippen MR) is 121 cm³/mol. The molecule has 0 aromatic carbocycles. The van der Waals surface area contributed by atoms with Gasteiger partial charge in [-0.1, -0.05) is 24.6 Å². The van der Waals surface area contributed by atoms with Crippen molar-refractivity contribution in [3.8, 4) is 0 Å². The summed E-state index contributed by atoms with van der Waals surface area (Å²) in [5.74, 6) is -0.257. The molecule has 4 aliphatic carbocycles. The monoisotopic (exact) mass is 460 g/mol. The van der Waals surface area contributed by atoms with Crippen LogP contribution in [0, 0.1) is 28.6 Å². The standard InChI is InChI=1S/C25H36N2O6/c1-15(28)25(32)11-8-20-18-5-4-16-12-17(27-33-14-21(29)26-13-22(30)31)6-9-23(16,2)19(18)7-10-24(20,25)3/h12,18-20,32H,4-11,13-14H2,1-3H3,(H,26,29)(H,30,31)/t18?,19?,20?,23-,24-,25-/m0/s1. The number of Topliss-reactive ketones (excluding diaryl/α,β-unsaturated/α-hetero) is 1. The van der Waals surface area contributed by atoms with E-state index in [4.69, 9.17) is 9.94 Å². The van der Waals surface area contributed by atoms with Gasteiger partial charge in [0, 0.05) is 5.41 Å². The van der Waals surface area contributed by atoms with Crippen LogP contribution in [-0.4, -0.2) is 52.3 Å². The lowest BCUT2D eigenvalue weighted by Crippen LogP contribution is -2.57. The third-order valence-electron chi connectivity index (χ3n) is 9.53. The van der Waals surface area contributed by atoms with Crippen molar-refractivity contribution in [3.05, 3.63) is 11.6 Å². The Bertz CT molecular complexity index is 913. The Morgan fingerprint density at radius 3 is 2.55 bits per heavy atom. The normalized spacial score (nSPS) is 40.8. The van der Waals surface area contributed by atoms with Gasteiger partial charge in [-0.05, 0) is 87.5 Å². The molecule has 0 radical (unpaired) electrons. The van der Waals surface area contributed by atoms with Crippen LogP contribution in [0.2, 0.25) is 0 Å². The van der Waals surface area contributed by atoms with Crippen molar-refractivity contribution in [2.45, 2.75) is 77.7 Å². The number of aliphatic carboxylic acids is 1. The number of carbonyl (C=O) groups excluding carboxylic acids is 2. The first-order valence-corrected chi connectivity index (χ1v) is 12.1. The Labute approximate surface area is 194 Å². The van der Waals surface area contributed by atoms with Gasteiger partial charge in [0.05, 0.1) is 5.71 Å². The largest absolute Gasteiger partial charge is 0.480 e. The Kier molecular flexibility index (Phi) is 6.18. The van der Waals surface area contributed by atoms with Gasteiger partial charge in [0.1, 0.15) is 12.1 Å². The van der Waals surface area contributed by atoms with Gasteiger partial charge in [-0.25, -0.2) is 0 Å². The number of hydrogen-bond donors (Lipinski definition) is 3. The highest BCUT2D eigenvalue weighted by Gasteiger charge is 2.65. The summed E-state index contributed by atoms with van der Waals surface area (Å²) in [5, 5.41) is 26.3.